The lowest BCUT2D eigenvalue weighted by Crippen LogP contribution is -2.32. The number of nitrogens with zero attached hydrogens (tertiary/aromatic N) is 6. The second-order valence-electron chi connectivity index (χ2n) is 14.2. The lowest BCUT2D eigenvalue weighted by Gasteiger charge is -2.21. The number of pyridine rings is 3. The molecule has 7 aromatic rings. The Morgan fingerprint density at radius 1 is 0.839 bits per heavy atom. The highest BCUT2D eigenvalue weighted by atomic mass is 35.5. The van der Waals surface area contributed by atoms with E-state index in [0.29, 0.717) is 27.5 Å². The van der Waals surface area contributed by atoms with Crippen molar-refractivity contribution in [2.24, 2.45) is 5.73 Å². The van der Waals surface area contributed by atoms with Gasteiger partial charge in [0.15, 0.2) is 11.5 Å². The Morgan fingerprint density at radius 3 is 2.12 bits per heavy atom. The van der Waals surface area contributed by atoms with E-state index in [4.69, 9.17) is 23.1 Å². The minimum atomic E-state index is -0.444. The minimum Gasteiger partial charge on any atom is -0.381 e. The molecule has 0 saturated heterocycles. The molecule has 2 aliphatic carbocycles. The summed E-state index contributed by atoms with van der Waals surface area (Å²) in [6, 6.07) is 20.8. The number of carbonyl (C=O) groups excluding carboxylic acids is 1. The molecule has 0 spiro atoms. The van der Waals surface area contributed by atoms with Crippen molar-refractivity contribution in [3.63, 3.8) is 0 Å². The number of nitrogens with one attached hydrogen (secondary N) is 1. The van der Waals surface area contributed by atoms with Gasteiger partial charge in [-0.1, -0.05) is 56.8 Å². The standard InChI is InChI=1S/C27H25N7O2.C14H15ClN2O.2CH4/c1-15-13-17(9-11-29-15)20-6-3-5-18-14-21(34(19-7-8-19)27(36)22(18)20)16(2)31-26(35)23-24(28)32-33-12-4-10-30-25(23)33;1-8(16)12-7-9-3-2-4-11(15)13(9)14(18)17(12)10-5-6-10;;/h3-6,9-14,16,19H,7-8H2,1-2H3,(H2,28,32)(H,31,35);2-4,7-8,10H,5-6,16H2,1H3;2*1H4/t16-;8-;;/m00../s1. The molecule has 1 amide bonds. The molecule has 2 atom stereocenters. The van der Waals surface area contributed by atoms with Crippen LogP contribution in [0.3, 0.4) is 0 Å². The first-order valence-electron chi connectivity index (χ1n) is 18.1. The predicted octanol–water partition coefficient (Wildman–Crippen LogP) is 8.10. The van der Waals surface area contributed by atoms with Crippen LogP contribution in [0.5, 0.6) is 0 Å². The number of benzene rings is 2. The van der Waals surface area contributed by atoms with Gasteiger partial charge in [-0.15, -0.1) is 5.10 Å². The molecule has 0 unspecified atom stereocenters. The first kappa shape index (κ1) is 39.8. The summed E-state index contributed by atoms with van der Waals surface area (Å²) in [4.78, 5) is 48.3. The van der Waals surface area contributed by atoms with E-state index < -0.39 is 6.04 Å². The Bertz CT molecular complexity index is 2730. The van der Waals surface area contributed by atoms with Crippen molar-refractivity contribution < 1.29 is 4.79 Å². The van der Waals surface area contributed by atoms with Crippen LogP contribution < -0.4 is 27.9 Å². The Labute approximate surface area is 330 Å². The maximum Gasteiger partial charge on any atom is 0.260 e. The van der Waals surface area contributed by atoms with E-state index >= 15 is 0 Å². The van der Waals surface area contributed by atoms with Crippen LogP contribution in [0.15, 0.2) is 94.9 Å². The van der Waals surface area contributed by atoms with E-state index in [1.165, 1.54) is 4.52 Å². The first-order chi connectivity index (χ1) is 26.0. The van der Waals surface area contributed by atoms with E-state index in [0.717, 1.165) is 64.7 Å². The summed E-state index contributed by atoms with van der Waals surface area (Å²) in [5.41, 5.74) is 17.0. The van der Waals surface area contributed by atoms with Crippen molar-refractivity contribution in [2.75, 3.05) is 5.73 Å². The summed E-state index contributed by atoms with van der Waals surface area (Å²) in [6.45, 7) is 5.72. The lowest BCUT2D eigenvalue weighted by atomic mass is 9.98. The van der Waals surface area contributed by atoms with E-state index in [-0.39, 0.29) is 55.3 Å². The maximum atomic E-state index is 13.9. The molecule has 13 heteroatoms. The fraction of sp³-hybridized carbons (Fsp3) is 0.302. The van der Waals surface area contributed by atoms with E-state index in [2.05, 4.69) is 20.4 Å². The molecule has 5 heterocycles. The van der Waals surface area contributed by atoms with Crippen molar-refractivity contribution in [1.82, 2.24) is 34.0 Å². The number of halogens is 1. The third-order valence-electron chi connectivity index (χ3n) is 10.1. The third kappa shape index (κ3) is 7.29. The highest BCUT2D eigenvalue weighted by molar-refractivity contribution is 6.35. The molecular weight excluding hydrogens is 726 g/mol. The van der Waals surface area contributed by atoms with Crippen molar-refractivity contribution in [3.05, 3.63) is 134 Å². The van der Waals surface area contributed by atoms with Gasteiger partial charge in [0.2, 0.25) is 0 Å². The van der Waals surface area contributed by atoms with Gasteiger partial charge in [0, 0.05) is 53.8 Å². The molecule has 5 N–H and O–H groups in total. The van der Waals surface area contributed by atoms with Gasteiger partial charge in [0.25, 0.3) is 17.0 Å². The van der Waals surface area contributed by atoms with E-state index in [9.17, 15) is 14.4 Å². The van der Waals surface area contributed by atoms with Gasteiger partial charge in [0.1, 0.15) is 5.56 Å². The van der Waals surface area contributed by atoms with Gasteiger partial charge in [-0.25, -0.2) is 9.50 Å². The number of nitrogen functional groups attached to an aromatic ring is 1. The van der Waals surface area contributed by atoms with Crippen molar-refractivity contribution >= 4 is 50.5 Å². The third-order valence-corrected chi connectivity index (χ3v) is 10.4. The molecule has 2 aliphatic rings. The smallest absolute Gasteiger partial charge is 0.260 e. The summed E-state index contributed by atoms with van der Waals surface area (Å²) >= 11 is 6.15. The molecule has 0 aliphatic heterocycles. The maximum absolute atomic E-state index is 13.9. The molecule has 5 aromatic heterocycles. The highest BCUT2D eigenvalue weighted by Crippen LogP contribution is 2.39. The van der Waals surface area contributed by atoms with Crippen LogP contribution in [0.2, 0.25) is 5.02 Å². The van der Waals surface area contributed by atoms with Crippen molar-refractivity contribution in [1.29, 1.82) is 0 Å². The van der Waals surface area contributed by atoms with Gasteiger partial charge in [-0.05, 0) is 105 Å². The lowest BCUT2D eigenvalue weighted by molar-refractivity contribution is 0.0940. The Kier molecular flexibility index (Phi) is 11.2. The van der Waals surface area contributed by atoms with E-state index in [1.54, 1.807) is 30.7 Å². The Balaban J connectivity index is 0.000000225. The average molecular weight is 774 g/mol. The fourth-order valence-electron chi connectivity index (χ4n) is 7.27. The number of amides is 1. The Hall–Kier alpha value is -5.85. The molecule has 290 valence electrons. The second kappa shape index (κ2) is 15.7. The second-order valence-corrected chi connectivity index (χ2v) is 14.6. The quantitative estimate of drug-likeness (QED) is 0.146. The van der Waals surface area contributed by atoms with Crippen LogP contribution in [0.4, 0.5) is 5.82 Å². The van der Waals surface area contributed by atoms with Crippen LogP contribution in [0, 0.1) is 6.92 Å². The van der Waals surface area contributed by atoms with Gasteiger partial charge in [0.05, 0.1) is 21.8 Å². The summed E-state index contributed by atoms with van der Waals surface area (Å²) in [5, 5.41) is 10.7. The van der Waals surface area contributed by atoms with Crippen LogP contribution in [-0.4, -0.2) is 34.6 Å². The normalized spacial score (nSPS) is 14.7. The average Bonchev–Trinajstić information content (AvgIpc) is 4.09. The number of anilines is 1. The molecule has 2 saturated carbocycles. The van der Waals surface area contributed by atoms with Crippen molar-refractivity contribution in [3.8, 4) is 11.1 Å². The number of aryl methyl sites for hydroxylation is 1. The number of hydrogen-bond acceptors (Lipinski definition) is 8. The van der Waals surface area contributed by atoms with Gasteiger partial charge in [-0.3, -0.25) is 19.4 Å². The Morgan fingerprint density at radius 2 is 1.46 bits per heavy atom. The summed E-state index contributed by atoms with van der Waals surface area (Å²) in [7, 11) is 0. The van der Waals surface area contributed by atoms with Gasteiger partial charge >= 0.3 is 0 Å². The summed E-state index contributed by atoms with van der Waals surface area (Å²) < 4.78 is 5.16. The fourth-order valence-corrected chi connectivity index (χ4v) is 7.53. The molecule has 12 nitrogen and oxygen atoms in total. The molecule has 2 fully saturated rings. The molecule has 0 bridgehead atoms. The number of carbonyl (C=O) groups is 1. The molecule has 9 rings (SSSR count). The topological polar surface area (TPSA) is 168 Å². The van der Waals surface area contributed by atoms with Crippen LogP contribution in [-0.2, 0) is 0 Å². The molecular formula is C43H48ClN9O3. The number of aromatic nitrogens is 6. The highest BCUT2D eigenvalue weighted by Gasteiger charge is 2.31. The van der Waals surface area contributed by atoms with Crippen LogP contribution >= 0.6 is 11.6 Å². The number of fused-ring (bicyclic) bond motifs is 3. The number of nitrogens with two attached hydrogens (primary N) is 2. The SMILES string of the molecule is C.C.C[C@H](N)c1cc2cccc(Cl)c2c(=O)n1C1CC1.Cc1cc(-c2cccc3cc([C@H](C)NC(=O)c4c(N)nn5cccnc45)n(C4CC4)c(=O)c23)ccn1. The molecule has 0 radical (unpaired) electrons. The summed E-state index contributed by atoms with van der Waals surface area (Å²) in [6.07, 6.45) is 9.00. The van der Waals surface area contributed by atoms with Gasteiger partial charge in [-0.2, -0.15) is 0 Å². The van der Waals surface area contributed by atoms with E-state index in [1.807, 2.05) is 84.5 Å². The number of hydrogen-bond donors (Lipinski definition) is 3. The van der Waals surface area contributed by atoms with Crippen LogP contribution in [0.1, 0.15) is 106 Å². The van der Waals surface area contributed by atoms with Gasteiger partial charge < -0.3 is 25.9 Å². The first-order valence-corrected chi connectivity index (χ1v) is 18.5. The number of rotatable bonds is 7. The van der Waals surface area contributed by atoms with Crippen molar-refractivity contribution in [2.45, 2.75) is 85.5 Å². The minimum absolute atomic E-state index is 0. The molecule has 56 heavy (non-hydrogen) atoms. The zero-order chi connectivity index (χ0) is 37.8. The molecule has 2 aromatic carbocycles. The zero-order valence-electron chi connectivity index (χ0n) is 30.2. The monoisotopic (exact) mass is 773 g/mol. The predicted molar refractivity (Wildman–Crippen MR) is 225 cm³/mol. The largest absolute Gasteiger partial charge is 0.381 e. The summed E-state index contributed by atoms with van der Waals surface area (Å²) in [5.74, 6) is -0.279. The zero-order valence-corrected chi connectivity index (χ0v) is 30.9. The van der Waals surface area contributed by atoms with Crippen LogP contribution in [0.25, 0.3) is 38.3 Å².